The zero-order valence-electron chi connectivity index (χ0n) is 11.8. The summed E-state index contributed by atoms with van der Waals surface area (Å²) in [6.45, 7) is 0. The van der Waals surface area contributed by atoms with Crippen molar-refractivity contribution >= 4 is 22.9 Å². The summed E-state index contributed by atoms with van der Waals surface area (Å²) in [5.74, 6) is -1.02. The van der Waals surface area contributed by atoms with E-state index in [2.05, 4.69) is 15.5 Å². The highest BCUT2D eigenvalue weighted by atomic mass is 32.1. The first-order valence-corrected chi connectivity index (χ1v) is 7.61. The van der Waals surface area contributed by atoms with E-state index in [9.17, 15) is 13.6 Å². The van der Waals surface area contributed by atoms with E-state index < -0.39 is 17.5 Å². The number of nitrogens with one attached hydrogen (secondary N) is 1. The maximum absolute atomic E-state index is 13.4. The molecule has 0 spiro atoms. The van der Waals surface area contributed by atoms with E-state index in [1.165, 1.54) is 11.3 Å². The van der Waals surface area contributed by atoms with Gasteiger partial charge in [-0.05, 0) is 23.6 Å². The summed E-state index contributed by atoms with van der Waals surface area (Å²) in [5, 5.41) is 8.04. The Balaban J connectivity index is 1.58. The van der Waals surface area contributed by atoms with Gasteiger partial charge < -0.3 is 9.84 Å². The lowest BCUT2D eigenvalue weighted by molar-refractivity contribution is -0.116. The van der Waals surface area contributed by atoms with Crippen molar-refractivity contribution in [3.63, 3.8) is 0 Å². The highest BCUT2D eigenvalue weighted by Gasteiger charge is 2.13. The van der Waals surface area contributed by atoms with Crippen molar-refractivity contribution in [3.05, 3.63) is 53.2 Å². The number of aryl methyl sites for hydroxylation is 1. The minimum absolute atomic E-state index is 0.0159. The van der Waals surface area contributed by atoms with Crippen LogP contribution in [0.15, 0.2) is 40.2 Å². The molecule has 5 nitrogen and oxygen atoms in total. The van der Waals surface area contributed by atoms with E-state index in [1.807, 2.05) is 17.5 Å². The van der Waals surface area contributed by atoms with E-state index in [4.69, 9.17) is 4.52 Å². The Morgan fingerprint density at radius 1 is 1.30 bits per heavy atom. The summed E-state index contributed by atoms with van der Waals surface area (Å²) in [7, 11) is 0. The smallest absolute Gasteiger partial charge is 0.227 e. The number of hydrogen-bond acceptors (Lipinski definition) is 5. The number of halogens is 2. The second-order valence-corrected chi connectivity index (χ2v) is 5.61. The van der Waals surface area contributed by atoms with Gasteiger partial charge in [0.05, 0.1) is 10.6 Å². The standard InChI is InChI=1S/C15H11F2N3O2S/c16-9-3-4-10(17)11(8-9)18-13(21)5-6-14-19-15(20-22-14)12-2-1-7-23-12/h1-4,7-8H,5-6H2,(H,18,21). The third-order valence-electron chi connectivity index (χ3n) is 2.98. The van der Waals surface area contributed by atoms with Gasteiger partial charge in [0.1, 0.15) is 11.6 Å². The van der Waals surface area contributed by atoms with Crippen molar-refractivity contribution in [2.75, 3.05) is 5.32 Å². The van der Waals surface area contributed by atoms with Crippen LogP contribution in [0.25, 0.3) is 10.7 Å². The number of thiophene rings is 1. The quantitative estimate of drug-likeness (QED) is 0.773. The second kappa shape index (κ2) is 6.66. The number of amides is 1. The van der Waals surface area contributed by atoms with Gasteiger partial charge in [-0.3, -0.25) is 4.79 Å². The summed E-state index contributed by atoms with van der Waals surface area (Å²) < 4.78 is 31.5. The van der Waals surface area contributed by atoms with Crippen LogP contribution in [0.3, 0.4) is 0 Å². The van der Waals surface area contributed by atoms with Gasteiger partial charge in [-0.1, -0.05) is 11.2 Å². The Morgan fingerprint density at radius 2 is 2.17 bits per heavy atom. The van der Waals surface area contributed by atoms with Gasteiger partial charge in [-0.2, -0.15) is 4.98 Å². The lowest BCUT2D eigenvalue weighted by atomic mass is 10.2. The normalized spacial score (nSPS) is 10.7. The lowest BCUT2D eigenvalue weighted by Crippen LogP contribution is -2.13. The molecule has 2 aromatic heterocycles. The number of hydrogen-bond donors (Lipinski definition) is 1. The zero-order chi connectivity index (χ0) is 16.2. The maximum atomic E-state index is 13.4. The highest BCUT2D eigenvalue weighted by molar-refractivity contribution is 7.13. The second-order valence-electron chi connectivity index (χ2n) is 4.66. The fraction of sp³-hybridized carbons (Fsp3) is 0.133. The molecule has 0 radical (unpaired) electrons. The summed E-state index contributed by atoms with van der Waals surface area (Å²) >= 11 is 1.48. The van der Waals surface area contributed by atoms with Crippen LogP contribution in [-0.2, 0) is 11.2 Å². The molecule has 0 aliphatic heterocycles. The van der Waals surface area contributed by atoms with Gasteiger partial charge in [0.25, 0.3) is 0 Å². The lowest BCUT2D eigenvalue weighted by Gasteiger charge is -2.05. The summed E-state index contributed by atoms with van der Waals surface area (Å²) in [5.41, 5.74) is -0.195. The number of rotatable bonds is 5. The molecule has 3 rings (SSSR count). The number of carbonyl (C=O) groups excluding carboxylic acids is 1. The number of benzene rings is 1. The van der Waals surface area contributed by atoms with Gasteiger partial charge in [-0.25, -0.2) is 8.78 Å². The van der Waals surface area contributed by atoms with Gasteiger partial charge in [0.2, 0.25) is 17.6 Å². The van der Waals surface area contributed by atoms with E-state index in [0.29, 0.717) is 11.7 Å². The van der Waals surface area contributed by atoms with E-state index in [-0.39, 0.29) is 18.5 Å². The average molecular weight is 335 g/mol. The van der Waals surface area contributed by atoms with Crippen LogP contribution in [0.5, 0.6) is 0 Å². The molecular formula is C15H11F2N3O2S. The maximum Gasteiger partial charge on any atom is 0.227 e. The van der Waals surface area contributed by atoms with Crippen LogP contribution < -0.4 is 5.32 Å². The molecule has 2 heterocycles. The monoisotopic (exact) mass is 335 g/mol. The van der Waals surface area contributed by atoms with Gasteiger partial charge >= 0.3 is 0 Å². The third kappa shape index (κ3) is 3.78. The first-order valence-electron chi connectivity index (χ1n) is 6.73. The van der Waals surface area contributed by atoms with Crippen LogP contribution in [-0.4, -0.2) is 16.0 Å². The predicted octanol–water partition coefficient (Wildman–Crippen LogP) is 3.65. The van der Waals surface area contributed by atoms with Crippen LogP contribution in [0.1, 0.15) is 12.3 Å². The van der Waals surface area contributed by atoms with Gasteiger partial charge in [0.15, 0.2) is 0 Å². The zero-order valence-corrected chi connectivity index (χ0v) is 12.6. The average Bonchev–Trinajstić information content (AvgIpc) is 3.19. The molecule has 0 aliphatic rings. The van der Waals surface area contributed by atoms with Crippen LogP contribution in [0.4, 0.5) is 14.5 Å². The van der Waals surface area contributed by atoms with Crippen molar-refractivity contribution < 1.29 is 18.1 Å². The molecule has 3 aromatic rings. The van der Waals surface area contributed by atoms with E-state index in [1.54, 1.807) is 0 Å². The minimum Gasteiger partial charge on any atom is -0.339 e. The molecule has 0 fully saturated rings. The van der Waals surface area contributed by atoms with Crippen LogP contribution >= 0.6 is 11.3 Å². The number of nitrogens with zero attached hydrogens (tertiary/aromatic N) is 2. The van der Waals surface area contributed by atoms with E-state index >= 15 is 0 Å². The van der Waals surface area contributed by atoms with Crippen molar-refractivity contribution in [2.24, 2.45) is 0 Å². The fourth-order valence-electron chi connectivity index (χ4n) is 1.89. The Bertz CT molecular complexity index is 818. The molecule has 118 valence electrons. The van der Waals surface area contributed by atoms with Crippen LogP contribution in [0.2, 0.25) is 0 Å². The molecule has 1 aromatic carbocycles. The molecule has 1 N–H and O–H groups in total. The molecule has 0 saturated carbocycles. The Kier molecular flexibility index (Phi) is 4.42. The number of aromatic nitrogens is 2. The Hall–Kier alpha value is -2.61. The van der Waals surface area contributed by atoms with Crippen molar-refractivity contribution in [1.82, 2.24) is 10.1 Å². The Labute approximate surface area is 134 Å². The first-order chi connectivity index (χ1) is 11.1. The van der Waals surface area contributed by atoms with Gasteiger partial charge in [0, 0.05) is 18.9 Å². The summed E-state index contributed by atoms with van der Waals surface area (Å²) in [6, 6.07) is 6.59. The fourth-order valence-corrected chi connectivity index (χ4v) is 2.54. The van der Waals surface area contributed by atoms with Gasteiger partial charge in [-0.15, -0.1) is 11.3 Å². The molecule has 0 saturated heterocycles. The van der Waals surface area contributed by atoms with Crippen molar-refractivity contribution in [2.45, 2.75) is 12.8 Å². The topological polar surface area (TPSA) is 68.0 Å². The number of anilines is 1. The van der Waals surface area contributed by atoms with Crippen molar-refractivity contribution in [3.8, 4) is 10.7 Å². The third-order valence-corrected chi connectivity index (χ3v) is 3.84. The molecule has 8 heteroatoms. The highest BCUT2D eigenvalue weighted by Crippen LogP contribution is 2.21. The molecule has 0 unspecified atom stereocenters. The molecule has 0 aliphatic carbocycles. The molecule has 1 amide bonds. The summed E-state index contributed by atoms with van der Waals surface area (Å²) in [4.78, 5) is 16.8. The molecular weight excluding hydrogens is 324 g/mol. The molecule has 0 bridgehead atoms. The number of carbonyl (C=O) groups is 1. The minimum atomic E-state index is -0.697. The van der Waals surface area contributed by atoms with E-state index in [0.717, 1.165) is 23.1 Å². The molecule has 0 atom stereocenters. The predicted molar refractivity (Wildman–Crippen MR) is 80.9 cm³/mol. The SMILES string of the molecule is O=C(CCc1nc(-c2cccs2)no1)Nc1cc(F)ccc1F. The summed E-state index contributed by atoms with van der Waals surface area (Å²) in [6.07, 6.45) is 0.225. The largest absolute Gasteiger partial charge is 0.339 e. The Morgan fingerprint density at radius 3 is 2.96 bits per heavy atom. The first kappa shape index (κ1) is 15.3. The molecule has 23 heavy (non-hydrogen) atoms. The van der Waals surface area contributed by atoms with Crippen LogP contribution in [0, 0.1) is 11.6 Å². The van der Waals surface area contributed by atoms with Crippen molar-refractivity contribution in [1.29, 1.82) is 0 Å².